The molecule has 206 valence electrons. The Morgan fingerprint density at radius 3 is 2.21 bits per heavy atom. The van der Waals surface area contributed by atoms with E-state index >= 15 is 0 Å². The third-order valence-electron chi connectivity index (χ3n) is 8.80. The Morgan fingerprint density at radius 2 is 1.55 bits per heavy atom. The summed E-state index contributed by atoms with van der Waals surface area (Å²) in [5, 5.41) is 11.3. The van der Waals surface area contributed by atoms with Gasteiger partial charge >= 0.3 is 0 Å². The maximum absolute atomic E-state index is 14.7. The van der Waals surface area contributed by atoms with E-state index < -0.39 is 28.3 Å². The number of nitro benzene ring substituents is 1. The van der Waals surface area contributed by atoms with E-state index in [4.69, 9.17) is 4.74 Å². The number of nitrogens with zero attached hydrogens (tertiary/aromatic N) is 2. The molecule has 0 unspecified atom stereocenters. The number of carbonyl (C=O) groups excluding carboxylic acids is 3. The molecule has 1 aliphatic carbocycles. The molecule has 0 radical (unpaired) electrons. The number of Topliss-reactive ketones (excluding diaryl/α,β-unsaturated/α-hetero) is 3. The molecule has 0 amide bonds. The second-order valence-electron chi connectivity index (χ2n) is 10.7. The van der Waals surface area contributed by atoms with Crippen molar-refractivity contribution < 1.29 is 24.0 Å². The summed E-state index contributed by atoms with van der Waals surface area (Å²) in [5.41, 5.74) is 1.35. The number of hydrogen-bond acceptors (Lipinski definition) is 7. The molecule has 8 heteroatoms. The van der Waals surface area contributed by atoms with Crippen LogP contribution in [-0.4, -0.2) is 41.5 Å². The lowest BCUT2D eigenvalue weighted by atomic mass is 9.64. The average Bonchev–Trinajstić information content (AvgIpc) is 3.47. The number of carbonyl (C=O) groups is 3. The number of fused-ring (bicyclic) bond motifs is 5. The fourth-order valence-corrected chi connectivity index (χ4v) is 7.04. The predicted octanol–water partition coefficient (Wildman–Crippen LogP) is 5.92. The first-order chi connectivity index (χ1) is 20.4. The zero-order valence-corrected chi connectivity index (χ0v) is 22.5. The predicted molar refractivity (Wildman–Crippen MR) is 156 cm³/mol. The highest BCUT2D eigenvalue weighted by Gasteiger charge is 2.71. The van der Waals surface area contributed by atoms with Crippen LogP contribution in [-0.2, 0) is 0 Å². The monoisotopic (exact) mass is 556 g/mol. The molecule has 8 nitrogen and oxygen atoms in total. The molecule has 1 fully saturated rings. The van der Waals surface area contributed by atoms with Crippen molar-refractivity contribution in [2.45, 2.75) is 18.0 Å². The van der Waals surface area contributed by atoms with Gasteiger partial charge in [-0.25, -0.2) is 0 Å². The third-order valence-corrected chi connectivity index (χ3v) is 8.80. The van der Waals surface area contributed by atoms with Gasteiger partial charge in [0.05, 0.1) is 18.1 Å². The molecule has 0 bridgehead atoms. The summed E-state index contributed by atoms with van der Waals surface area (Å²) in [6, 6.07) is 25.2. The van der Waals surface area contributed by atoms with Gasteiger partial charge in [-0.3, -0.25) is 24.5 Å². The van der Waals surface area contributed by atoms with Crippen LogP contribution in [0.4, 0.5) is 11.4 Å². The number of ketones is 3. The molecule has 0 aromatic heterocycles. The quantitative estimate of drug-likeness (QED) is 0.130. The van der Waals surface area contributed by atoms with Crippen LogP contribution in [0.5, 0.6) is 5.75 Å². The Bertz CT molecular complexity index is 1810. The van der Waals surface area contributed by atoms with Crippen LogP contribution in [0.15, 0.2) is 103 Å². The van der Waals surface area contributed by atoms with Crippen molar-refractivity contribution in [3.63, 3.8) is 0 Å². The minimum atomic E-state index is -1.64. The van der Waals surface area contributed by atoms with E-state index in [1.807, 2.05) is 47.4 Å². The molecule has 4 aromatic rings. The third kappa shape index (κ3) is 3.38. The molecule has 2 aliphatic heterocycles. The van der Waals surface area contributed by atoms with Gasteiger partial charge in [0.1, 0.15) is 17.2 Å². The summed E-state index contributed by atoms with van der Waals surface area (Å²) in [5.74, 6) is -1.37. The van der Waals surface area contributed by atoms with Gasteiger partial charge in [-0.2, -0.15) is 0 Å². The van der Waals surface area contributed by atoms with E-state index in [1.165, 1.54) is 31.4 Å². The molecule has 3 aliphatic rings. The van der Waals surface area contributed by atoms with Crippen LogP contribution in [0, 0.1) is 15.5 Å². The van der Waals surface area contributed by atoms with Crippen LogP contribution in [0.2, 0.25) is 0 Å². The molecule has 42 heavy (non-hydrogen) atoms. The van der Waals surface area contributed by atoms with E-state index in [-0.39, 0.29) is 28.6 Å². The zero-order chi connectivity index (χ0) is 29.2. The highest BCUT2D eigenvalue weighted by molar-refractivity contribution is 6.32. The van der Waals surface area contributed by atoms with Gasteiger partial charge in [0.15, 0.2) is 17.3 Å². The largest absolute Gasteiger partial charge is 0.497 e. The number of methoxy groups -OCH3 is 1. The van der Waals surface area contributed by atoms with Crippen molar-refractivity contribution in [1.82, 2.24) is 0 Å². The number of anilines is 1. The second-order valence-corrected chi connectivity index (χ2v) is 10.7. The highest BCUT2D eigenvalue weighted by atomic mass is 16.6. The Morgan fingerprint density at radius 1 is 0.881 bits per heavy atom. The Kier molecular flexibility index (Phi) is 5.69. The number of non-ortho nitro benzene ring substituents is 1. The first-order valence-corrected chi connectivity index (χ1v) is 13.5. The fourth-order valence-electron chi connectivity index (χ4n) is 7.04. The zero-order valence-electron chi connectivity index (χ0n) is 22.5. The van der Waals surface area contributed by atoms with Crippen LogP contribution < -0.4 is 9.64 Å². The number of nitro groups is 1. The number of hydrogen-bond donors (Lipinski definition) is 0. The number of ether oxygens (including phenoxy) is 1. The smallest absolute Gasteiger partial charge is 0.269 e. The first kappa shape index (κ1) is 25.6. The van der Waals surface area contributed by atoms with E-state index in [2.05, 4.69) is 0 Å². The molecular weight excluding hydrogens is 532 g/mol. The van der Waals surface area contributed by atoms with Crippen molar-refractivity contribution in [2.24, 2.45) is 5.41 Å². The van der Waals surface area contributed by atoms with Gasteiger partial charge in [-0.05, 0) is 41.5 Å². The molecule has 3 atom stereocenters. The first-order valence-electron chi connectivity index (χ1n) is 13.5. The van der Waals surface area contributed by atoms with E-state index in [0.29, 0.717) is 22.4 Å². The SMILES string of the molecule is COc1cccc([C@H]2[C@H](C(=O)c3ccc([N+](=O)[O-])cc3)N3c4ccccc4C=C[C@H]3C23C(=O)c2ccccc2C3=O)c1. The number of rotatable bonds is 5. The lowest BCUT2D eigenvalue weighted by Gasteiger charge is -2.37. The summed E-state index contributed by atoms with van der Waals surface area (Å²) in [7, 11) is 1.53. The minimum absolute atomic E-state index is 0.139. The fraction of sp³-hybridized carbons (Fsp3) is 0.147. The summed E-state index contributed by atoms with van der Waals surface area (Å²) in [6.07, 6.45) is 3.77. The molecular formula is C34H24N2O6. The van der Waals surface area contributed by atoms with Crippen molar-refractivity contribution in [3.05, 3.63) is 141 Å². The number of benzene rings is 4. The van der Waals surface area contributed by atoms with Gasteiger partial charge in [0.2, 0.25) is 0 Å². The lowest BCUT2D eigenvalue weighted by Crippen LogP contribution is -2.48. The van der Waals surface area contributed by atoms with E-state index in [1.54, 1.807) is 42.5 Å². The van der Waals surface area contributed by atoms with Crippen LogP contribution in [0.25, 0.3) is 6.08 Å². The molecule has 0 N–H and O–H groups in total. The second kappa shape index (κ2) is 9.34. The lowest BCUT2D eigenvalue weighted by molar-refractivity contribution is -0.384. The number of para-hydroxylation sites is 1. The Hall–Kier alpha value is -5.37. The summed E-state index contributed by atoms with van der Waals surface area (Å²) >= 11 is 0. The van der Waals surface area contributed by atoms with Crippen LogP contribution in [0.1, 0.15) is 48.1 Å². The van der Waals surface area contributed by atoms with Crippen molar-refractivity contribution in [3.8, 4) is 5.75 Å². The molecule has 7 rings (SSSR count). The van der Waals surface area contributed by atoms with Crippen molar-refractivity contribution >= 4 is 34.8 Å². The normalized spacial score (nSPS) is 21.2. The highest BCUT2D eigenvalue weighted by Crippen LogP contribution is 2.61. The van der Waals surface area contributed by atoms with E-state index in [9.17, 15) is 24.5 Å². The Balaban J connectivity index is 1.52. The summed E-state index contributed by atoms with van der Waals surface area (Å²) in [6.45, 7) is 0. The van der Waals surface area contributed by atoms with Crippen molar-refractivity contribution in [1.29, 1.82) is 0 Å². The topological polar surface area (TPSA) is 107 Å². The van der Waals surface area contributed by atoms with Gasteiger partial charge in [0, 0.05) is 40.4 Å². The van der Waals surface area contributed by atoms with Gasteiger partial charge in [-0.15, -0.1) is 0 Å². The van der Waals surface area contributed by atoms with Gasteiger partial charge in [0.25, 0.3) is 5.69 Å². The molecule has 0 saturated carbocycles. The maximum Gasteiger partial charge on any atom is 0.269 e. The molecule has 2 heterocycles. The average molecular weight is 557 g/mol. The van der Waals surface area contributed by atoms with Gasteiger partial charge in [-0.1, -0.05) is 66.7 Å². The van der Waals surface area contributed by atoms with Gasteiger partial charge < -0.3 is 9.64 Å². The van der Waals surface area contributed by atoms with Crippen LogP contribution >= 0.6 is 0 Å². The Labute approximate surface area is 241 Å². The molecule has 4 aromatic carbocycles. The minimum Gasteiger partial charge on any atom is -0.497 e. The standard InChI is InChI=1S/C34H24N2O6/c1-42-24-9-6-8-22(19-24)29-30(31(37)21-13-16-23(17-14-21)36(40)41)35-27-12-5-2-7-20(27)15-18-28(35)34(29)32(38)25-10-3-4-11-26(25)33(34)39/h2-19,28-30H,1H3/t28-,29-,30+/m0/s1. The molecule has 1 spiro atoms. The summed E-state index contributed by atoms with van der Waals surface area (Å²) in [4.78, 5) is 56.7. The van der Waals surface area contributed by atoms with E-state index in [0.717, 1.165) is 11.3 Å². The summed E-state index contributed by atoms with van der Waals surface area (Å²) < 4.78 is 5.53. The van der Waals surface area contributed by atoms with Crippen LogP contribution in [0.3, 0.4) is 0 Å². The van der Waals surface area contributed by atoms with Crippen molar-refractivity contribution in [2.75, 3.05) is 12.0 Å². The molecule has 1 saturated heterocycles. The maximum atomic E-state index is 14.7.